The molecule has 0 radical (unpaired) electrons. The van der Waals surface area contributed by atoms with Crippen LogP contribution in [-0.2, 0) is 0 Å². The lowest BCUT2D eigenvalue weighted by Crippen LogP contribution is -2.23. The Balaban J connectivity index is 1.66. The molecule has 1 aliphatic rings. The summed E-state index contributed by atoms with van der Waals surface area (Å²) in [6.45, 7) is 0.0290. The van der Waals surface area contributed by atoms with E-state index >= 15 is 0 Å². The number of nitro groups is 1. The molecule has 0 amide bonds. The van der Waals surface area contributed by atoms with Crippen LogP contribution in [0.5, 0.6) is 17.2 Å². The maximum absolute atomic E-state index is 11.2. The van der Waals surface area contributed by atoms with Crippen molar-refractivity contribution in [2.75, 3.05) is 19.2 Å². The van der Waals surface area contributed by atoms with Gasteiger partial charge in [-0.05, 0) is 42.5 Å². The van der Waals surface area contributed by atoms with E-state index in [4.69, 9.17) is 26.4 Å². The molecular weight excluding hydrogens is 360 g/mol. The highest BCUT2D eigenvalue weighted by Gasteiger charge is 2.22. The van der Waals surface area contributed by atoms with Gasteiger partial charge in [-0.3, -0.25) is 15.5 Å². The number of methoxy groups -OCH3 is 1. The van der Waals surface area contributed by atoms with Crippen LogP contribution in [0.2, 0.25) is 0 Å². The van der Waals surface area contributed by atoms with E-state index in [0.29, 0.717) is 11.5 Å². The van der Waals surface area contributed by atoms with Crippen molar-refractivity contribution in [2.45, 2.75) is 0 Å². The first-order valence-corrected chi connectivity index (χ1v) is 7.80. The van der Waals surface area contributed by atoms with Crippen LogP contribution in [0.3, 0.4) is 0 Å². The summed E-state index contributed by atoms with van der Waals surface area (Å²) in [4.78, 5) is 10.7. The van der Waals surface area contributed by atoms with Crippen LogP contribution in [0.15, 0.2) is 41.5 Å². The minimum Gasteiger partial charge on any atom is -0.497 e. The predicted octanol–water partition coefficient (Wildman–Crippen LogP) is 2.65. The van der Waals surface area contributed by atoms with Gasteiger partial charge in [-0.25, -0.2) is 0 Å². The number of nitro benzene ring substituents is 1. The SMILES string of the molecule is COc1ccc(NC(=S)N/N=C\c2cc3c(cc2[N+](=O)[O-])OCO3)cc1. The Labute approximate surface area is 153 Å². The molecule has 1 heterocycles. The predicted molar refractivity (Wildman–Crippen MR) is 99.2 cm³/mol. The van der Waals surface area contributed by atoms with Crippen LogP contribution in [-0.4, -0.2) is 30.2 Å². The van der Waals surface area contributed by atoms with Crippen LogP contribution < -0.4 is 25.0 Å². The van der Waals surface area contributed by atoms with E-state index in [-0.39, 0.29) is 23.2 Å². The van der Waals surface area contributed by atoms with Crippen LogP contribution >= 0.6 is 12.2 Å². The Hall–Kier alpha value is -3.40. The molecule has 0 saturated heterocycles. The number of benzene rings is 2. The lowest BCUT2D eigenvalue weighted by Gasteiger charge is -2.07. The standard InChI is InChI=1S/C16H14N4O5S/c1-23-12-4-2-11(3-5-12)18-16(26)19-17-8-10-6-14-15(25-9-24-14)7-13(10)20(21)22/h2-8H,9H2,1H3,(H2,18,19,26)/b17-8-. The number of hydrogen-bond acceptors (Lipinski definition) is 7. The fourth-order valence-corrected chi connectivity index (χ4v) is 2.37. The van der Waals surface area contributed by atoms with E-state index in [1.807, 2.05) is 0 Å². The maximum Gasteiger partial charge on any atom is 0.282 e. The lowest BCUT2D eigenvalue weighted by atomic mass is 10.1. The van der Waals surface area contributed by atoms with Gasteiger partial charge in [-0.1, -0.05) is 0 Å². The highest BCUT2D eigenvalue weighted by Crippen LogP contribution is 2.37. The second kappa shape index (κ2) is 7.66. The summed E-state index contributed by atoms with van der Waals surface area (Å²) in [6, 6.07) is 9.94. The molecule has 0 aromatic heterocycles. The number of anilines is 1. The second-order valence-electron chi connectivity index (χ2n) is 5.07. The van der Waals surface area contributed by atoms with Crippen molar-refractivity contribution in [2.24, 2.45) is 5.10 Å². The molecule has 2 aromatic rings. The van der Waals surface area contributed by atoms with Crippen LogP contribution in [0.1, 0.15) is 5.56 Å². The van der Waals surface area contributed by atoms with Crippen molar-refractivity contribution in [3.63, 3.8) is 0 Å². The molecular formula is C16H14N4O5S. The first-order valence-electron chi connectivity index (χ1n) is 7.39. The van der Waals surface area contributed by atoms with E-state index < -0.39 is 4.92 Å². The molecule has 0 saturated carbocycles. The third-order valence-electron chi connectivity index (χ3n) is 3.44. The Kier molecular flexibility index (Phi) is 5.13. The highest BCUT2D eigenvalue weighted by atomic mass is 32.1. The second-order valence-corrected chi connectivity index (χ2v) is 5.48. The molecule has 0 unspecified atom stereocenters. The van der Waals surface area contributed by atoms with Gasteiger partial charge in [0.1, 0.15) is 5.75 Å². The summed E-state index contributed by atoms with van der Waals surface area (Å²) in [7, 11) is 1.58. The zero-order chi connectivity index (χ0) is 18.5. The Bertz CT molecular complexity index is 870. The van der Waals surface area contributed by atoms with Crippen LogP contribution in [0, 0.1) is 10.1 Å². The Morgan fingerprint density at radius 3 is 2.65 bits per heavy atom. The summed E-state index contributed by atoms with van der Waals surface area (Å²) in [6.07, 6.45) is 1.29. The zero-order valence-corrected chi connectivity index (χ0v) is 14.4. The quantitative estimate of drug-likeness (QED) is 0.356. The minimum atomic E-state index is -0.517. The third kappa shape index (κ3) is 3.98. The summed E-state index contributed by atoms with van der Waals surface area (Å²) in [5.41, 5.74) is 3.47. The van der Waals surface area contributed by atoms with Gasteiger partial charge in [0.25, 0.3) is 5.69 Å². The van der Waals surface area contributed by atoms with E-state index in [1.165, 1.54) is 18.3 Å². The van der Waals surface area contributed by atoms with Gasteiger partial charge in [-0.15, -0.1) is 0 Å². The molecule has 0 aliphatic carbocycles. The van der Waals surface area contributed by atoms with Gasteiger partial charge >= 0.3 is 0 Å². The molecule has 10 heteroatoms. The van der Waals surface area contributed by atoms with E-state index in [1.54, 1.807) is 31.4 Å². The number of hydrazone groups is 1. The highest BCUT2D eigenvalue weighted by molar-refractivity contribution is 7.80. The number of nitrogens with zero attached hydrogens (tertiary/aromatic N) is 2. The van der Waals surface area contributed by atoms with Crippen LogP contribution in [0.25, 0.3) is 0 Å². The molecule has 0 spiro atoms. The fraction of sp³-hybridized carbons (Fsp3) is 0.125. The fourth-order valence-electron chi connectivity index (χ4n) is 2.20. The Morgan fingerprint density at radius 2 is 2.00 bits per heavy atom. The number of fused-ring (bicyclic) bond motifs is 1. The molecule has 26 heavy (non-hydrogen) atoms. The van der Waals surface area contributed by atoms with E-state index in [9.17, 15) is 10.1 Å². The molecule has 3 rings (SSSR count). The summed E-state index contributed by atoms with van der Waals surface area (Å²) in [5, 5.41) is 18.3. The maximum atomic E-state index is 11.2. The number of rotatable bonds is 5. The Morgan fingerprint density at radius 1 is 1.31 bits per heavy atom. The molecule has 2 aromatic carbocycles. The first kappa shape index (κ1) is 17.4. The van der Waals surface area contributed by atoms with Gasteiger partial charge in [0.15, 0.2) is 16.6 Å². The van der Waals surface area contributed by atoms with Crippen molar-refractivity contribution in [3.8, 4) is 17.2 Å². The molecule has 0 atom stereocenters. The normalized spacial score (nSPS) is 12.0. The van der Waals surface area contributed by atoms with E-state index in [2.05, 4.69) is 15.8 Å². The molecule has 2 N–H and O–H groups in total. The molecule has 134 valence electrons. The van der Waals surface area contributed by atoms with E-state index in [0.717, 1.165) is 11.4 Å². The van der Waals surface area contributed by atoms with Crippen molar-refractivity contribution in [1.82, 2.24) is 5.43 Å². The van der Waals surface area contributed by atoms with Crippen LogP contribution in [0.4, 0.5) is 11.4 Å². The zero-order valence-electron chi connectivity index (χ0n) is 13.6. The number of thiocarbonyl (C=S) groups is 1. The number of ether oxygens (including phenoxy) is 3. The molecule has 1 aliphatic heterocycles. The van der Waals surface area contributed by atoms with Gasteiger partial charge in [0.05, 0.1) is 29.9 Å². The number of nitrogens with one attached hydrogen (secondary N) is 2. The average Bonchev–Trinajstić information content (AvgIpc) is 3.09. The minimum absolute atomic E-state index is 0.0290. The largest absolute Gasteiger partial charge is 0.497 e. The summed E-state index contributed by atoms with van der Waals surface area (Å²) < 4.78 is 15.4. The van der Waals surface area contributed by atoms with Crippen molar-refractivity contribution < 1.29 is 19.1 Å². The molecule has 0 bridgehead atoms. The number of hydrogen-bond donors (Lipinski definition) is 2. The summed E-state index contributed by atoms with van der Waals surface area (Å²) in [5.74, 6) is 1.48. The lowest BCUT2D eigenvalue weighted by molar-refractivity contribution is -0.385. The monoisotopic (exact) mass is 374 g/mol. The van der Waals surface area contributed by atoms with Crippen molar-refractivity contribution in [3.05, 3.63) is 52.1 Å². The van der Waals surface area contributed by atoms with Gasteiger partial charge in [0.2, 0.25) is 6.79 Å². The van der Waals surface area contributed by atoms with Gasteiger partial charge in [0, 0.05) is 5.69 Å². The van der Waals surface area contributed by atoms with Gasteiger partial charge < -0.3 is 19.5 Å². The smallest absolute Gasteiger partial charge is 0.282 e. The average molecular weight is 374 g/mol. The molecule has 9 nitrogen and oxygen atoms in total. The summed E-state index contributed by atoms with van der Waals surface area (Å²) >= 11 is 5.13. The topological polar surface area (TPSA) is 107 Å². The molecule has 0 fully saturated rings. The first-order chi connectivity index (χ1) is 12.6. The van der Waals surface area contributed by atoms with Crippen molar-refractivity contribution >= 4 is 34.9 Å². The van der Waals surface area contributed by atoms with Gasteiger partial charge in [-0.2, -0.15) is 5.10 Å². The van der Waals surface area contributed by atoms with Crippen molar-refractivity contribution in [1.29, 1.82) is 0 Å². The third-order valence-corrected chi connectivity index (χ3v) is 3.63.